The monoisotopic (exact) mass is 403 g/mol. The van der Waals surface area contributed by atoms with Crippen molar-refractivity contribution in [2.75, 3.05) is 0 Å². The minimum absolute atomic E-state index is 0.0195. The molecule has 1 N–H and O–H groups in total. The van der Waals surface area contributed by atoms with Gasteiger partial charge >= 0.3 is 5.97 Å². The summed E-state index contributed by atoms with van der Waals surface area (Å²) in [5, 5.41) is 14.8. The first kappa shape index (κ1) is 17.4. The highest BCUT2D eigenvalue weighted by molar-refractivity contribution is 7.71. The van der Waals surface area contributed by atoms with E-state index >= 15 is 0 Å². The average molecular weight is 404 g/mol. The van der Waals surface area contributed by atoms with E-state index in [4.69, 9.17) is 28.9 Å². The van der Waals surface area contributed by atoms with Crippen molar-refractivity contribution in [3.63, 3.8) is 0 Å². The maximum Gasteiger partial charge on any atom is 0.325 e. The summed E-state index contributed by atoms with van der Waals surface area (Å²) in [5.74, 6) is 2.34. The molecule has 1 aromatic heterocycles. The van der Waals surface area contributed by atoms with E-state index in [1.165, 1.54) is 23.9 Å². The minimum Gasteiger partial charge on any atom is -0.480 e. The summed E-state index contributed by atoms with van der Waals surface area (Å²) in [7, 11) is 0. The number of carbonyl (C=O) groups is 1. The van der Waals surface area contributed by atoms with E-state index < -0.39 is 5.97 Å². The van der Waals surface area contributed by atoms with E-state index in [1.54, 1.807) is 0 Å². The van der Waals surface area contributed by atoms with Crippen LogP contribution < -0.4 is 0 Å². The number of benzene rings is 1. The first-order chi connectivity index (χ1) is 12.9. The number of carboxylic acid groups (broad SMARTS) is 1. The fourth-order valence-electron chi connectivity index (χ4n) is 6.19. The Morgan fingerprint density at radius 2 is 1.70 bits per heavy atom. The molecule has 0 saturated heterocycles. The van der Waals surface area contributed by atoms with Crippen LogP contribution >= 0.6 is 23.8 Å². The quantitative estimate of drug-likeness (QED) is 0.757. The summed E-state index contributed by atoms with van der Waals surface area (Å²) in [5.41, 5.74) is 0.929. The Kier molecular flexibility index (Phi) is 3.99. The van der Waals surface area contributed by atoms with Gasteiger partial charge in [0.1, 0.15) is 12.4 Å². The van der Waals surface area contributed by atoms with Crippen LogP contribution in [0.1, 0.15) is 44.3 Å². The minimum atomic E-state index is -0.927. The Hall–Kier alpha value is -1.66. The molecule has 1 heterocycles. The lowest BCUT2D eigenvalue weighted by Crippen LogP contribution is -2.49. The number of aliphatic carboxylic acids is 1. The van der Waals surface area contributed by atoms with Crippen LogP contribution in [-0.4, -0.2) is 25.4 Å². The van der Waals surface area contributed by atoms with E-state index in [1.807, 2.05) is 28.8 Å². The number of rotatable bonds is 4. The topological polar surface area (TPSA) is 60.0 Å². The van der Waals surface area contributed by atoms with Crippen LogP contribution in [0, 0.1) is 22.5 Å². The van der Waals surface area contributed by atoms with Gasteiger partial charge in [-0.3, -0.25) is 9.36 Å². The van der Waals surface area contributed by atoms with Gasteiger partial charge in [0.15, 0.2) is 0 Å². The van der Waals surface area contributed by atoms with E-state index in [2.05, 4.69) is 0 Å². The molecule has 4 bridgehead atoms. The lowest BCUT2D eigenvalue weighted by Gasteiger charge is -2.56. The number of aromatic nitrogens is 3. The fraction of sp³-hybridized carbons (Fsp3) is 0.550. The van der Waals surface area contributed by atoms with Crippen molar-refractivity contribution < 1.29 is 9.90 Å². The molecule has 27 heavy (non-hydrogen) atoms. The number of halogens is 1. The summed E-state index contributed by atoms with van der Waals surface area (Å²) in [6.07, 6.45) is 7.46. The molecule has 7 heteroatoms. The third kappa shape index (κ3) is 2.85. The van der Waals surface area contributed by atoms with Gasteiger partial charge in [0.2, 0.25) is 4.77 Å². The summed E-state index contributed by atoms with van der Waals surface area (Å²) in [4.78, 5) is 11.3. The third-order valence-electron chi connectivity index (χ3n) is 6.72. The van der Waals surface area contributed by atoms with Crippen molar-refractivity contribution in [1.82, 2.24) is 14.3 Å². The standard InChI is InChI=1S/C20H22ClN3O2S/c21-15-1-3-16(4-2-15)24-18(22-23(19(24)27)11-17(25)26)20-8-12-5-13(9-20)7-14(6-12)10-20/h1-4,12-14H,5-11H2,(H,25,26). The zero-order valence-corrected chi connectivity index (χ0v) is 16.5. The van der Waals surface area contributed by atoms with Gasteiger partial charge in [-0.1, -0.05) is 11.6 Å². The zero-order chi connectivity index (χ0) is 18.8. The molecule has 142 valence electrons. The van der Waals surface area contributed by atoms with Crippen LogP contribution in [-0.2, 0) is 16.8 Å². The Morgan fingerprint density at radius 3 is 2.22 bits per heavy atom. The molecule has 5 nitrogen and oxygen atoms in total. The molecule has 4 saturated carbocycles. The van der Waals surface area contributed by atoms with E-state index in [-0.39, 0.29) is 12.0 Å². The smallest absolute Gasteiger partial charge is 0.325 e. The first-order valence-electron chi connectivity index (χ1n) is 9.61. The molecular weight excluding hydrogens is 382 g/mol. The molecule has 2 aromatic rings. The van der Waals surface area contributed by atoms with Gasteiger partial charge in [0.25, 0.3) is 0 Å². The largest absolute Gasteiger partial charge is 0.480 e. The highest BCUT2D eigenvalue weighted by atomic mass is 35.5. The van der Waals surface area contributed by atoms with Crippen molar-refractivity contribution in [2.24, 2.45) is 17.8 Å². The molecule has 0 amide bonds. The second kappa shape index (κ2) is 6.17. The molecule has 4 fully saturated rings. The molecule has 4 aliphatic carbocycles. The van der Waals surface area contributed by atoms with Crippen molar-refractivity contribution in [3.8, 4) is 5.69 Å². The third-order valence-corrected chi connectivity index (χ3v) is 7.37. The molecule has 0 aliphatic heterocycles. The predicted octanol–water partition coefficient (Wildman–Crippen LogP) is 4.61. The Labute approximate surface area is 168 Å². The number of nitrogens with zero attached hydrogens (tertiary/aromatic N) is 3. The van der Waals surface area contributed by atoms with Crippen molar-refractivity contribution in [1.29, 1.82) is 0 Å². The number of hydrogen-bond acceptors (Lipinski definition) is 3. The summed E-state index contributed by atoms with van der Waals surface area (Å²) < 4.78 is 3.92. The van der Waals surface area contributed by atoms with Crippen molar-refractivity contribution in [3.05, 3.63) is 39.9 Å². The lowest BCUT2D eigenvalue weighted by atomic mass is 9.49. The highest BCUT2D eigenvalue weighted by Crippen LogP contribution is 2.60. The van der Waals surface area contributed by atoms with Crippen molar-refractivity contribution in [2.45, 2.75) is 50.5 Å². The summed E-state index contributed by atoms with van der Waals surface area (Å²) in [6, 6.07) is 7.57. The molecule has 4 aliphatic rings. The Balaban J connectivity index is 1.68. The van der Waals surface area contributed by atoms with Crippen molar-refractivity contribution >= 4 is 29.8 Å². The second-order valence-corrected chi connectivity index (χ2v) is 9.47. The van der Waals surface area contributed by atoms with Gasteiger partial charge in [0, 0.05) is 16.1 Å². The van der Waals surface area contributed by atoms with Gasteiger partial charge in [0.05, 0.1) is 0 Å². The Bertz CT molecular complexity index is 927. The predicted molar refractivity (Wildman–Crippen MR) is 105 cm³/mol. The molecule has 0 radical (unpaired) electrons. The first-order valence-corrected chi connectivity index (χ1v) is 10.4. The molecule has 6 rings (SSSR count). The molecule has 0 unspecified atom stereocenters. The zero-order valence-electron chi connectivity index (χ0n) is 15.0. The van der Waals surface area contributed by atoms with E-state index in [0.29, 0.717) is 9.79 Å². The van der Waals surface area contributed by atoms with Crippen LogP contribution in [0.25, 0.3) is 5.69 Å². The normalized spacial score (nSPS) is 31.4. The van der Waals surface area contributed by atoms with Gasteiger partial charge in [-0.15, -0.1) is 0 Å². The van der Waals surface area contributed by atoms with Crippen LogP contribution in [0.5, 0.6) is 0 Å². The fourth-order valence-corrected chi connectivity index (χ4v) is 6.61. The van der Waals surface area contributed by atoms with Crippen LogP contribution in [0.4, 0.5) is 0 Å². The Morgan fingerprint density at radius 1 is 1.15 bits per heavy atom. The highest BCUT2D eigenvalue weighted by Gasteiger charge is 2.54. The average Bonchev–Trinajstić information content (AvgIpc) is 2.91. The second-order valence-electron chi connectivity index (χ2n) is 8.67. The van der Waals surface area contributed by atoms with Crippen LogP contribution in [0.2, 0.25) is 5.02 Å². The molecule has 0 atom stereocenters. The lowest BCUT2D eigenvalue weighted by molar-refractivity contribution is -0.137. The number of hydrogen-bond donors (Lipinski definition) is 1. The summed E-state index contributed by atoms with van der Waals surface area (Å²) in [6.45, 7) is -0.210. The molecule has 1 aromatic carbocycles. The van der Waals surface area contributed by atoms with E-state index in [9.17, 15) is 9.90 Å². The molecule has 0 spiro atoms. The SMILES string of the molecule is O=C(O)Cn1nc(C23CC4CC(CC(C4)C2)C3)n(-c2ccc(Cl)cc2)c1=S. The maximum absolute atomic E-state index is 11.3. The maximum atomic E-state index is 11.3. The van der Waals surface area contributed by atoms with Gasteiger partial charge in [-0.05, 0) is 92.8 Å². The van der Waals surface area contributed by atoms with Crippen LogP contribution in [0.3, 0.4) is 0 Å². The number of carboxylic acids is 1. The van der Waals surface area contributed by atoms with Gasteiger partial charge < -0.3 is 5.11 Å². The van der Waals surface area contributed by atoms with Gasteiger partial charge in [-0.25, -0.2) is 4.68 Å². The van der Waals surface area contributed by atoms with E-state index in [0.717, 1.165) is 48.5 Å². The van der Waals surface area contributed by atoms with Crippen LogP contribution in [0.15, 0.2) is 24.3 Å². The molecular formula is C20H22ClN3O2S. The van der Waals surface area contributed by atoms with Gasteiger partial charge in [-0.2, -0.15) is 5.10 Å². The summed E-state index contributed by atoms with van der Waals surface area (Å²) >= 11 is 11.7.